The van der Waals surface area contributed by atoms with Crippen LogP contribution in [0.1, 0.15) is 38.4 Å². The minimum Gasteiger partial charge on any atom is -0.389 e. The first-order valence-corrected chi connectivity index (χ1v) is 8.16. The van der Waals surface area contributed by atoms with Crippen LogP contribution in [0.25, 0.3) is 0 Å². The van der Waals surface area contributed by atoms with Gasteiger partial charge in [0.2, 0.25) is 10.0 Å². The fourth-order valence-corrected chi connectivity index (χ4v) is 3.30. The number of rotatable bonds is 6. The van der Waals surface area contributed by atoms with Gasteiger partial charge in [-0.1, -0.05) is 19.1 Å². The zero-order valence-electron chi connectivity index (χ0n) is 11.3. The quantitative estimate of drug-likeness (QED) is 0.840. The molecule has 0 aliphatic heterocycles. The van der Waals surface area contributed by atoms with E-state index in [2.05, 4.69) is 11.6 Å². The summed E-state index contributed by atoms with van der Waals surface area (Å²) in [5, 5.41) is 9.50. The fourth-order valence-electron chi connectivity index (χ4n) is 2.10. The molecule has 5 heteroatoms. The second-order valence-corrected chi connectivity index (χ2v) is 7.18. The molecule has 0 amide bonds. The Morgan fingerprint density at radius 1 is 1.37 bits per heavy atom. The maximum absolute atomic E-state index is 12.2. The number of benzene rings is 1. The van der Waals surface area contributed by atoms with Crippen LogP contribution in [0.3, 0.4) is 0 Å². The molecule has 1 aromatic carbocycles. The minimum atomic E-state index is -3.48. The fraction of sp³-hybridized carbons (Fsp3) is 0.571. The van der Waals surface area contributed by atoms with E-state index in [0.29, 0.717) is 23.9 Å². The number of hydrogen-bond donors (Lipinski definition) is 2. The summed E-state index contributed by atoms with van der Waals surface area (Å²) < 4.78 is 27.0. The van der Waals surface area contributed by atoms with Gasteiger partial charge in [0.1, 0.15) is 0 Å². The van der Waals surface area contributed by atoms with Gasteiger partial charge < -0.3 is 5.11 Å². The zero-order chi connectivity index (χ0) is 14.0. The van der Waals surface area contributed by atoms with E-state index in [1.165, 1.54) is 18.9 Å². The molecule has 2 rings (SSSR count). The van der Waals surface area contributed by atoms with Crippen molar-refractivity contribution in [3.8, 4) is 0 Å². The van der Waals surface area contributed by atoms with Crippen LogP contribution in [-0.2, 0) is 10.0 Å². The van der Waals surface area contributed by atoms with Gasteiger partial charge in [-0.05, 0) is 49.3 Å². The van der Waals surface area contributed by atoms with E-state index in [9.17, 15) is 13.5 Å². The highest BCUT2D eigenvalue weighted by molar-refractivity contribution is 7.89. The van der Waals surface area contributed by atoms with Crippen molar-refractivity contribution in [2.45, 2.75) is 37.7 Å². The molecule has 0 bridgehead atoms. The molecule has 2 N–H and O–H groups in total. The molecule has 2 atom stereocenters. The van der Waals surface area contributed by atoms with Crippen molar-refractivity contribution in [3.63, 3.8) is 0 Å². The molecule has 1 fully saturated rings. The van der Waals surface area contributed by atoms with Gasteiger partial charge in [-0.25, -0.2) is 13.1 Å². The summed E-state index contributed by atoms with van der Waals surface area (Å²) in [7, 11) is -3.48. The zero-order valence-corrected chi connectivity index (χ0v) is 12.2. The topological polar surface area (TPSA) is 66.4 Å². The summed E-state index contributed by atoms with van der Waals surface area (Å²) in [6.07, 6.45) is 1.75. The third kappa shape index (κ3) is 3.78. The number of nitrogens with one attached hydrogen (secondary N) is 1. The first-order chi connectivity index (χ1) is 8.90. The van der Waals surface area contributed by atoms with Crippen LogP contribution < -0.4 is 4.72 Å². The van der Waals surface area contributed by atoms with E-state index in [4.69, 9.17) is 0 Å². The van der Waals surface area contributed by atoms with Crippen LogP contribution in [0.4, 0.5) is 0 Å². The Bertz CT molecular complexity index is 535. The van der Waals surface area contributed by atoms with Gasteiger partial charge >= 0.3 is 0 Å². The van der Waals surface area contributed by atoms with E-state index >= 15 is 0 Å². The van der Waals surface area contributed by atoms with E-state index < -0.39 is 16.1 Å². The lowest BCUT2D eigenvalue weighted by Gasteiger charge is -2.13. The van der Waals surface area contributed by atoms with Crippen molar-refractivity contribution >= 4 is 10.0 Å². The van der Waals surface area contributed by atoms with E-state index in [1.54, 1.807) is 25.1 Å². The Labute approximate surface area is 114 Å². The lowest BCUT2D eigenvalue weighted by Crippen LogP contribution is -2.29. The van der Waals surface area contributed by atoms with Crippen molar-refractivity contribution in [1.29, 1.82) is 0 Å². The Hall–Kier alpha value is -0.910. The summed E-state index contributed by atoms with van der Waals surface area (Å²) in [6, 6.07) is 6.45. The molecule has 19 heavy (non-hydrogen) atoms. The Kier molecular flexibility index (Phi) is 4.28. The van der Waals surface area contributed by atoms with Crippen molar-refractivity contribution in [3.05, 3.63) is 29.8 Å². The first kappa shape index (κ1) is 14.5. The molecular weight excluding hydrogens is 262 g/mol. The molecule has 0 heterocycles. The maximum Gasteiger partial charge on any atom is 0.240 e. The van der Waals surface area contributed by atoms with Gasteiger partial charge in [0.25, 0.3) is 0 Å². The molecule has 0 radical (unpaired) electrons. The summed E-state index contributed by atoms with van der Waals surface area (Å²) >= 11 is 0. The minimum absolute atomic E-state index is 0.217. The van der Waals surface area contributed by atoms with Crippen molar-refractivity contribution in [2.75, 3.05) is 6.54 Å². The molecule has 4 nitrogen and oxygen atoms in total. The van der Waals surface area contributed by atoms with Crippen molar-refractivity contribution < 1.29 is 13.5 Å². The average molecular weight is 283 g/mol. The summed E-state index contributed by atoms with van der Waals surface area (Å²) in [6.45, 7) is 4.17. The highest BCUT2D eigenvalue weighted by Gasteiger charge is 2.28. The molecule has 0 spiro atoms. The monoisotopic (exact) mass is 283 g/mol. The van der Waals surface area contributed by atoms with Crippen LogP contribution in [-0.4, -0.2) is 20.1 Å². The molecule has 0 saturated heterocycles. The van der Waals surface area contributed by atoms with Gasteiger partial charge in [0, 0.05) is 6.54 Å². The lowest BCUT2D eigenvalue weighted by atomic mass is 10.1. The van der Waals surface area contributed by atoms with Gasteiger partial charge in [0.15, 0.2) is 0 Å². The lowest BCUT2D eigenvalue weighted by molar-refractivity contribution is 0.199. The summed E-state index contributed by atoms with van der Waals surface area (Å²) in [5.41, 5.74) is 0.609. The second kappa shape index (κ2) is 5.61. The van der Waals surface area contributed by atoms with Gasteiger partial charge in [-0.15, -0.1) is 0 Å². The molecule has 1 aliphatic rings. The Balaban J connectivity index is 2.07. The normalized spacial score (nSPS) is 19.1. The molecule has 1 aliphatic carbocycles. The molecule has 1 saturated carbocycles. The third-order valence-corrected chi connectivity index (χ3v) is 5.09. The first-order valence-electron chi connectivity index (χ1n) is 6.68. The maximum atomic E-state index is 12.2. The molecular formula is C14H21NO3S. The second-order valence-electron chi connectivity index (χ2n) is 5.42. The highest BCUT2D eigenvalue weighted by Crippen LogP contribution is 2.36. The van der Waals surface area contributed by atoms with E-state index in [-0.39, 0.29) is 4.90 Å². The SMILES string of the molecule is CC(O)c1cccc(S(=O)(=O)NCC(C)C2CC2)c1. The average Bonchev–Trinajstić information content (AvgIpc) is 3.20. The number of aliphatic hydroxyl groups excluding tert-OH is 1. The van der Waals surface area contributed by atoms with Gasteiger partial charge in [-0.2, -0.15) is 0 Å². The highest BCUT2D eigenvalue weighted by atomic mass is 32.2. The van der Waals surface area contributed by atoms with Crippen LogP contribution in [0.2, 0.25) is 0 Å². The predicted molar refractivity (Wildman–Crippen MR) is 74.2 cm³/mol. The largest absolute Gasteiger partial charge is 0.389 e. The van der Waals surface area contributed by atoms with Gasteiger partial charge in [0.05, 0.1) is 11.0 Å². The van der Waals surface area contributed by atoms with Crippen LogP contribution >= 0.6 is 0 Å². The van der Waals surface area contributed by atoms with Gasteiger partial charge in [-0.3, -0.25) is 0 Å². The Morgan fingerprint density at radius 2 is 2.05 bits per heavy atom. The number of hydrogen-bond acceptors (Lipinski definition) is 3. The molecule has 1 aromatic rings. The molecule has 106 valence electrons. The van der Waals surface area contributed by atoms with Crippen LogP contribution in [0, 0.1) is 11.8 Å². The number of sulfonamides is 1. The van der Waals surface area contributed by atoms with E-state index in [0.717, 1.165) is 0 Å². The van der Waals surface area contributed by atoms with Crippen LogP contribution in [0.5, 0.6) is 0 Å². The van der Waals surface area contributed by atoms with E-state index in [1.807, 2.05) is 0 Å². The Morgan fingerprint density at radius 3 is 2.63 bits per heavy atom. The molecule has 0 aromatic heterocycles. The summed E-state index contributed by atoms with van der Waals surface area (Å²) in [5.74, 6) is 1.06. The van der Waals surface area contributed by atoms with Crippen molar-refractivity contribution in [2.24, 2.45) is 11.8 Å². The standard InChI is InChI=1S/C14H21NO3S/c1-10(12-6-7-12)9-15-19(17,18)14-5-3-4-13(8-14)11(2)16/h3-5,8,10-12,15-16H,6-7,9H2,1-2H3. The van der Waals surface area contributed by atoms with Crippen LogP contribution in [0.15, 0.2) is 29.2 Å². The smallest absolute Gasteiger partial charge is 0.240 e. The third-order valence-electron chi connectivity index (χ3n) is 3.67. The molecule has 2 unspecified atom stereocenters. The summed E-state index contributed by atoms with van der Waals surface area (Å²) in [4.78, 5) is 0.217. The number of aliphatic hydroxyl groups is 1. The van der Waals surface area contributed by atoms with Crippen molar-refractivity contribution in [1.82, 2.24) is 4.72 Å². The predicted octanol–water partition coefficient (Wildman–Crippen LogP) is 2.06.